The Morgan fingerprint density at radius 2 is 1.71 bits per heavy atom. The molecule has 0 radical (unpaired) electrons. The summed E-state index contributed by atoms with van der Waals surface area (Å²) in [6.45, 7) is 14.1. The predicted molar refractivity (Wildman–Crippen MR) is 126 cm³/mol. The average Bonchev–Trinajstić information content (AvgIpc) is 2.76. The number of hydrogen-bond donors (Lipinski definition) is 3. The molecule has 0 spiro atoms. The second-order valence-corrected chi connectivity index (χ2v) is 8.78. The van der Waals surface area contributed by atoms with Gasteiger partial charge in [0, 0.05) is 57.2 Å². The second-order valence-electron chi connectivity index (χ2n) is 8.78. The normalized spacial score (nSPS) is 19.4. The molecule has 7 heteroatoms. The Labute approximate surface area is 185 Å². The second kappa shape index (κ2) is 9.24. The average molecular weight is 423 g/mol. The highest BCUT2D eigenvalue weighted by Gasteiger charge is 2.25. The molecule has 2 amide bonds. The molecule has 0 aliphatic carbocycles. The van der Waals surface area contributed by atoms with Crippen molar-refractivity contribution in [3.05, 3.63) is 52.3 Å². The molecule has 1 atom stereocenters. The summed E-state index contributed by atoms with van der Waals surface area (Å²) in [6.07, 6.45) is 0. The lowest BCUT2D eigenvalue weighted by Gasteiger charge is -2.36. The minimum atomic E-state index is -0.0462. The molecule has 0 bridgehead atoms. The van der Waals surface area contributed by atoms with Crippen molar-refractivity contribution in [2.75, 3.05) is 56.0 Å². The van der Waals surface area contributed by atoms with E-state index < -0.39 is 0 Å². The first-order chi connectivity index (χ1) is 14.9. The standard InChI is InChI=1S/C24H34N6O/c1-16-11-17(2)13-20(12-16)29-7-9-30(10-8-29)24(31)28-21-14-18(3)19(4)27-23(21)22-15-25-5-6-26-22/h11-14,22,25-26H,5-10,15H2,1-4H3,(H,28,31). The smallest absolute Gasteiger partial charge is 0.322 e. The Hall–Kier alpha value is -2.64. The maximum atomic E-state index is 13.1. The molecule has 2 fully saturated rings. The van der Waals surface area contributed by atoms with Crippen LogP contribution in [0.3, 0.4) is 0 Å². The summed E-state index contributed by atoms with van der Waals surface area (Å²) >= 11 is 0. The minimum absolute atomic E-state index is 0.0462. The summed E-state index contributed by atoms with van der Waals surface area (Å²) in [6, 6.07) is 8.75. The van der Waals surface area contributed by atoms with Gasteiger partial charge in [-0.15, -0.1) is 0 Å². The van der Waals surface area contributed by atoms with E-state index in [2.05, 4.69) is 59.0 Å². The van der Waals surface area contributed by atoms with Crippen molar-refractivity contribution in [2.45, 2.75) is 33.7 Å². The van der Waals surface area contributed by atoms with Crippen LogP contribution < -0.4 is 20.9 Å². The zero-order chi connectivity index (χ0) is 22.0. The van der Waals surface area contributed by atoms with Gasteiger partial charge in [-0.1, -0.05) is 6.07 Å². The van der Waals surface area contributed by atoms with Crippen LogP contribution in [0.1, 0.15) is 34.1 Å². The lowest BCUT2D eigenvalue weighted by atomic mass is 10.1. The number of rotatable bonds is 3. The van der Waals surface area contributed by atoms with Crippen LogP contribution in [0, 0.1) is 27.7 Å². The van der Waals surface area contributed by atoms with Crippen molar-refractivity contribution in [1.82, 2.24) is 20.5 Å². The first kappa shape index (κ1) is 21.6. The van der Waals surface area contributed by atoms with Crippen LogP contribution in [0.25, 0.3) is 0 Å². The summed E-state index contributed by atoms with van der Waals surface area (Å²) in [5.74, 6) is 0. The Morgan fingerprint density at radius 3 is 2.35 bits per heavy atom. The van der Waals surface area contributed by atoms with Gasteiger partial charge in [-0.25, -0.2) is 4.79 Å². The highest BCUT2D eigenvalue weighted by atomic mass is 16.2. The van der Waals surface area contributed by atoms with E-state index in [1.807, 2.05) is 18.7 Å². The van der Waals surface area contributed by atoms with Crippen LogP contribution in [-0.2, 0) is 0 Å². The minimum Gasteiger partial charge on any atom is -0.368 e. The lowest BCUT2D eigenvalue weighted by Crippen LogP contribution is -2.50. The summed E-state index contributed by atoms with van der Waals surface area (Å²) in [5.41, 5.74) is 7.61. The number of urea groups is 1. The predicted octanol–water partition coefficient (Wildman–Crippen LogP) is 2.90. The summed E-state index contributed by atoms with van der Waals surface area (Å²) < 4.78 is 0. The van der Waals surface area contributed by atoms with Gasteiger partial charge in [0.2, 0.25) is 0 Å². The molecule has 1 aromatic carbocycles. The van der Waals surface area contributed by atoms with Crippen LogP contribution >= 0.6 is 0 Å². The van der Waals surface area contributed by atoms with Crippen molar-refractivity contribution in [3.8, 4) is 0 Å². The monoisotopic (exact) mass is 422 g/mol. The van der Waals surface area contributed by atoms with Crippen LogP contribution in [0.2, 0.25) is 0 Å². The van der Waals surface area contributed by atoms with Crippen LogP contribution in [0.5, 0.6) is 0 Å². The molecule has 1 unspecified atom stereocenters. The van der Waals surface area contributed by atoms with E-state index in [0.717, 1.165) is 55.4 Å². The van der Waals surface area contributed by atoms with Gasteiger partial charge >= 0.3 is 6.03 Å². The van der Waals surface area contributed by atoms with Crippen molar-refractivity contribution >= 4 is 17.4 Å². The lowest BCUT2D eigenvalue weighted by molar-refractivity contribution is 0.208. The van der Waals surface area contributed by atoms with Gasteiger partial charge in [0.15, 0.2) is 0 Å². The number of amides is 2. The van der Waals surface area contributed by atoms with Gasteiger partial charge in [0.25, 0.3) is 0 Å². The highest BCUT2D eigenvalue weighted by Crippen LogP contribution is 2.25. The van der Waals surface area contributed by atoms with Gasteiger partial charge in [-0.05, 0) is 62.6 Å². The molecule has 166 valence electrons. The SMILES string of the molecule is Cc1cc(C)cc(N2CCN(C(=O)Nc3cc(C)c(C)nc3C3CNCCN3)CC2)c1. The van der Waals surface area contributed by atoms with E-state index in [1.54, 1.807) is 0 Å². The van der Waals surface area contributed by atoms with Gasteiger partial charge in [0.05, 0.1) is 17.4 Å². The molecule has 7 nitrogen and oxygen atoms in total. The Kier molecular flexibility index (Phi) is 6.43. The zero-order valence-electron chi connectivity index (χ0n) is 19.1. The number of aromatic nitrogens is 1. The number of nitrogens with one attached hydrogen (secondary N) is 3. The van der Waals surface area contributed by atoms with Crippen molar-refractivity contribution < 1.29 is 4.79 Å². The molecule has 1 aromatic heterocycles. The van der Waals surface area contributed by atoms with Gasteiger partial charge in [0.1, 0.15) is 0 Å². The number of pyridine rings is 1. The summed E-state index contributed by atoms with van der Waals surface area (Å²) in [4.78, 5) is 22.2. The van der Waals surface area contributed by atoms with Gasteiger partial charge in [-0.3, -0.25) is 4.98 Å². The molecule has 3 heterocycles. The maximum Gasteiger partial charge on any atom is 0.322 e. The van der Waals surface area contributed by atoms with Crippen molar-refractivity contribution in [3.63, 3.8) is 0 Å². The fraction of sp³-hybridized carbons (Fsp3) is 0.500. The number of benzene rings is 1. The Morgan fingerprint density at radius 1 is 1.00 bits per heavy atom. The van der Waals surface area contributed by atoms with E-state index in [9.17, 15) is 4.79 Å². The first-order valence-corrected chi connectivity index (χ1v) is 11.2. The van der Waals surface area contributed by atoms with Crippen LogP contribution in [0.15, 0.2) is 24.3 Å². The molecule has 4 rings (SSSR count). The molecular formula is C24H34N6O. The molecule has 31 heavy (non-hydrogen) atoms. The Bertz CT molecular complexity index is 925. The number of piperazine rings is 2. The third kappa shape index (κ3) is 4.99. The fourth-order valence-electron chi connectivity index (χ4n) is 4.43. The fourth-order valence-corrected chi connectivity index (χ4v) is 4.43. The number of nitrogens with zero attached hydrogens (tertiary/aromatic N) is 3. The number of carbonyl (C=O) groups excluding carboxylic acids is 1. The van der Waals surface area contributed by atoms with Crippen LogP contribution in [-0.4, -0.2) is 61.7 Å². The zero-order valence-corrected chi connectivity index (χ0v) is 19.1. The molecule has 2 saturated heterocycles. The molecular weight excluding hydrogens is 388 g/mol. The van der Waals surface area contributed by atoms with Gasteiger partial charge < -0.3 is 25.8 Å². The Balaban J connectivity index is 1.44. The number of carbonyl (C=O) groups is 1. The highest BCUT2D eigenvalue weighted by molar-refractivity contribution is 5.90. The maximum absolute atomic E-state index is 13.1. The molecule has 0 saturated carbocycles. The number of anilines is 2. The van der Waals surface area contributed by atoms with E-state index in [4.69, 9.17) is 4.98 Å². The summed E-state index contributed by atoms with van der Waals surface area (Å²) in [7, 11) is 0. The van der Waals surface area contributed by atoms with E-state index in [0.29, 0.717) is 13.1 Å². The third-order valence-electron chi connectivity index (χ3n) is 6.25. The van der Waals surface area contributed by atoms with Crippen molar-refractivity contribution in [1.29, 1.82) is 0 Å². The van der Waals surface area contributed by atoms with Crippen LogP contribution in [0.4, 0.5) is 16.2 Å². The third-order valence-corrected chi connectivity index (χ3v) is 6.25. The summed E-state index contributed by atoms with van der Waals surface area (Å²) in [5, 5.41) is 10.1. The van der Waals surface area contributed by atoms with E-state index in [1.165, 1.54) is 16.8 Å². The largest absolute Gasteiger partial charge is 0.368 e. The van der Waals surface area contributed by atoms with Gasteiger partial charge in [-0.2, -0.15) is 0 Å². The van der Waals surface area contributed by atoms with Crippen molar-refractivity contribution in [2.24, 2.45) is 0 Å². The number of hydrogen-bond acceptors (Lipinski definition) is 5. The molecule has 2 aromatic rings. The number of aryl methyl sites for hydroxylation is 4. The molecule has 3 N–H and O–H groups in total. The van der Waals surface area contributed by atoms with E-state index >= 15 is 0 Å². The van der Waals surface area contributed by atoms with E-state index in [-0.39, 0.29) is 12.1 Å². The topological polar surface area (TPSA) is 72.5 Å². The molecule has 2 aliphatic heterocycles. The molecule has 2 aliphatic rings. The first-order valence-electron chi connectivity index (χ1n) is 11.2. The quantitative estimate of drug-likeness (QED) is 0.709.